The van der Waals surface area contributed by atoms with E-state index in [4.69, 9.17) is 4.42 Å². The van der Waals surface area contributed by atoms with Gasteiger partial charge in [-0.1, -0.05) is 11.6 Å². The Morgan fingerprint density at radius 1 is 1.00 bits per heavy atom. The number of aryl methyl sites for hydroxylation is 2. The second-order valence-electron chi connectivity index (χ2n) is 7.12. The number of H-pyrrole nitrogens is 1. The van der Waals surface area contributed by atoms with Crippen molar-refractivity contribution in [2.24, 2.45) is 0 Å². The zero-order valence-corrected chi connectivity index (χ0v) is 15.8. The van der Waals surface area contributed by atoms with E-state index in [0.717, 1.165) is 22.0 Å². The number of benzene rings is 1. The smallest absolute Gasteiger partial charge is 0.289 e. The normalized spacial score (nSPS) is 14.5. The van der Waals surface area contributed by atoms with Crippen molar-refractivity contribution in [3.63, 3.8) is 0 Å². The molecule has 1 fully saturated rings. The van der Waals surface area contributed by atoms with Gasteiger partial charge in [-0.2, -0.15) is 0 Å². The molecule has 0 atom stereocenters. The summed E-state index contributed by atoms with van der Waals surface area (Å²) in [4.78, 5) is 43.9. The van der Waals surface area contributed by atoms with Crippen LogP contribution in [0.15, 0.2) is 45.8 Å². The highest BCUT2D eigenvalue weighted by Gasteiger charge is 2.27. The molecule has 4 rings (SSSR count). The second-order valence-corrected chi connectivity index (χ2v) is 7.12. The number of furan rings is 1. The minimum atomic E-state index is -0.390. The van der Waals surface area contributed by atoms with E-state index in [9.17, 15) is 14.4 Å². The first-order valence-electron chi connectivity index (χ1n) is 9.20. The fourth-order valence-electron chi connectivity index (χ4n) is 3.68. The second kappa shape index (κ2) is 6.99. The summed E-state index contributed by atoms with van der Waals surface area (Å²) in [6, 6.07) is 8.90. The molecule has 7 nitrogen and oxygen atoms in total. The number of hydrogen-bond donors (Lipinski definition) is 1. The van der Waals surface area contributed by atoms with E-state index in [1.54, 1.807) is 28.0 Å². The van der Waals surface area contributed by atoms with Gasteiger partial charge in [0.05, 0.1) is 11.8 Å². The molecular formula is C21H21N3O4. The lowest BCUT2D eigenvalue weighted by molar-refractivity contribution is 0.0517. The van der Waals surface area contributed by atoms with E-state index < -0.39 is 5.56 Å². The van der Waals surface area contributed by atoms with Crippen LogP contribution in [0.3, 0.4) is 0 Å². The Bertz CT molecular complexity index is 1110. The molecular weight excluding hydrogens is 358 g/mol. The van der Waals surface area contributed by atoms with Gasteiger partial charge in [0.25, 0.3) is 17.4 Å². The molecule has 1 N–H and O–H groups in total. The number of pyridine rings is 1. The number of nitrogens with one attached hydrogen (secondary N) is 1. The topological polar surface area (TPSA) is 86.6 Å². The molecule has 28 heavy (non-hydrogen) atoms. The maximum Gasteiger partial charge on any atom is 0.289 e. The number of rotatable bonds is 2. The molecule has 0 radical (unpaired) electrons. The standard InChI is InChI=1S/C21H21N3O4/c1-13-10-14(2)18-15(11-13)12-16(19(25)22-18)20(26)23-5-7-24(8-6-23)21(27)17-4-3-9-28-17/h3-4,9-12H,5-8H2,1-2H3,(H,22,25). The third kappa shape index (κ3) is 3.19. The number of hydrogen-bond acceptors (Lipinski definition) is 4. The third-order valence-corrected chi connectivity index (χ3v) is 5.11. The van der Waals surface area contributed by atoms with Crippen LogP contribution in [0, 0.1) is 13.8 Å². The molecule has 0 spiro atoms. The number of aromatic nitrogens is 1. The van der Waals surface area contributed by atoms with Crippen LogP contribution in [-0.2, 0) is 0 Å². The average molecular weight is 379 g/mol. The number of amides is 2. The Hall–Kier alpha value is -3.35. The van der Waals surface area contributed by atoms with E-state index in [0.29, 0.717) is 26.2 Å². The maximum atomic E-state index is 12.9. The molecule has 1 aliphatic heterocycles. The van der Waals surface area contributed by atoms with Crippen LogP contribution in [0.2, 0.25) is 0 Å². The summed E-state index contributed by atoms with van der Waals surface area (Å²) in [6.45, 7) is 5.45. The molecule has 3 heterocycles. The largest absolute Gasteiger partial charge is 0.459 e. The Morgan fingerprint density at radius 3 is 2.32 bits per heavy atom. The number of aromatic amines is 1. The first kappa shape index (κ1) is 18.0. The summed E-state index contributed by atoms with van der Waals surface area (Å²) in [6.07, 6.45) is 1.46. The van der Waals surface area contributed by atoms with Crippen molar-refractivity contribution in [3.05, 3.63) is 69.4 Å². The van der Waals surface area contributed by atoms with Crippen LogP contribution >= 0.6 is 0 Å². The molecule has 1 aliphatic rings. The summed E-state index contributed by atoms with van der Waals surface area (Å²) in [7, 11) is 0. The van der Waals surface area contributed by atoms with Crippen LogP contribution in [0.25, 0.3) is 10.9 Å². The van der Waals surface area contributed by atoms with E-state index in [1.807, 2.05) is 26.0 Å². The summed E-state index contributed by atoms with van der Waals surface area (Å²) in [5.74, 6) is -0.213. The van der Waals surface area contributed by atoms with Gasteiger partial charge in [0.15, 0.2) is 5.76 Å². The van der Waals surface area contributed by atoms with Gasteiger partial charge in [-0.3, -0.25) is 14.4 Å². The van der Waals surface area contributed by atoms with Gasteiger partial charge in [-0.05, 0) is 49.1 Å². The van der Waals surface area contributed by atoms with Crippen molar-refractivity contribution in [2.45, 2.75) is 13.8 Å². The first-order valence-corrected chi connectivity index (χ1v) is 9.20. The van der Waals surface area contributed by atoms with Crippen molar-refractivity contribution in [1.29, 1.82) is 0 Å². The summed E-state index contributed by atoms with van der Waals surface area (Å²) >= 11 is 0. The fourth-order valence-corrected chi connectivity index (χ4v) is 3.68. The zero-order valence-electron chi connectivity index (χ0n) is 15.8. The number of carbonyl (C=O) groups is 2. The first-order chi connectivity index (χ1) is 13.4. The number of fused-ring (bicyclic) bond motifs is 1. The van der Waals surface area contributed by atoms with Crippen molar-refractivity contribution in [1.82, 2.24) is 14.8 Å². The van der Waals surface area contributed by atoms with E-state index in [2.05, 4.69) is 4.98 Å². The minimum absolute atomic E-state index is 0.128. The molecule has 7 heteroatoms. The monoisotopic (exact) mass is 379 g/mol. The van der Waals surface area contributed by atoms with Gasteiger partial charge in [0, 0.05) is 26.2 Å². The van der Waals surface area contributed by atoms with E-state index in [1.165, 1.54) is 6.26 Å². The fraction of sp³-hybridized carbons (Fsp3) is 0.286. The molecule has 1 saturated heterocycles. The van der Waals surface area contributed by atoms with Crippen LogP contribution in [0.4, 0.5) is 0 Å². The Kier molecular flexibility index (Phi) is 4.50. The lowest BCUT2D eigenvalue weighted by atomic mass is 10.0. The molecule has 0 saturated carbocycles. The molecule has 2 aromatic heterocycles. The van der Waals surface area contributed by atoms with Gasteiger partial charge in [-0.15, -0.1) is 0 Å². The van der Waals surface area contributed by atoms with Crippen molar-refractivity contribution in [2.75, 3.05) is 26.2 Å². The Labute approximate surface area is 161 Å². The third-order valence-electron chi connectivity index (χ3n) is 5.11. The lowest BCUT2D eigenvalue weighted by Crippen LogP contribution is -2.51. The van der Waals surface area contributed by atoms with Gasteiger partial charge < -0.3 is 19.2 Å². The highest BCUT2D eigenvalue weighted by Crippen LogP contribution is 2.19. The molecule has 2 amide bonds. The van der Waals surface area contributed by atoms with Crippen molar-refractivity contribution >= 4 is 22.7 Å². The summed E-state index contributed by atoms with van der Waals surface area (Å²) in [5, 5.41) is 0.840. The van der Waals surface area contributed by atoms with Crippen molar-refractivity contribution < 1.29 is 14.0 Å². The number of carbonyl (C=O) groups excluding carboxylic acids is 2. The lowest BCUT2D eigenvalue weighted by Gasteiger charge is -2.34. The highest BCUT2D eigenvalue weighted by molar-refractivity contribution is 5.98. The van der Waals surface area contributed by atoms with E-state index in [-0.39, 0.29) is 23.1 Å². The van der Waals surface area contributed by atoms with Gasteiger partial charge in [-0.25, -0.2) is 0 Å². The SMILES string of the molecule is Cc1cc(C)c2[nH]c(=O)c(C(=O)N3CCN(C(=O)c4ccco4)CC3)cc2c1. The molecule has 0 unspecified atom stereocenters. The predicted octanol–water partition coefficient (Wildman–Crippen LogP) is 2.34. The highest BCUT2D eigenvalue weighted by atomic mass is 16.3. The molecule has 0 bridgehead atoms. The quantitative estimate of drug-likeness (QED) is 0.740. The maximum absolute atomic E-state index is 12.9. The van der Waals surface area contributed by atoms with Crippen LogP contribution in [-0.4, -0.2) is 52.8 Å². The number of piperazine rings is 1. The Morgan fingerprint density at radius 2 is 1.68 bits per heavy atom. The summed E-state index contributed by atoms with van der Waals surface area (Å²) in [5.41, 5.74) is 2.53. The molecule has 1 aromatic carbocycles. The summed E-state index contributed by atoms with van der Waals surface area (Å²) < 4.78 is 5.15. The predicted molar refractivity (Wildman–Crippen MR) is 105 cm³/mol. The minimum Gasteiger partial charge on any atom is -0.459 e. The van der Waals surface area contributed by atoms with Crippen molar-refractivity contribution in [3.8, 4) is 0 Å². The zero-order chi connectivity index (χ0) is 19.8. The molecule has 0 aliphatic carbocycles. The van der Waals surface area contributed by atoms with E-state index >= 15 is 0 Å². The van der Waals surface area contributed by atoms with Crippen LogP contribution in [0.5, 0.6) is 0 Å². The molecule has 144 valence electrons. The van der Waals surface area contributed by atoms with Gasteiger partial charge >= 0.3 is 0 Å². The molecule has 3 aromatic rings. The van der Waals surface area contributed by atoms with Gasteiger partial charge in [0.2, 0.25) is 0 Å². The van der Waals surface area contributed by atoms with Gasteiger partial charge in [0.1, 0.15) is 5.56 Å². The Balaban J connectivity index is 1.53. The van der Waals surface area contributed by atoms with Crippen LogP contribution in [0.1, 0.15) is 32.0 Å². The number of nitrogens with zero attached hydrogens (tertiary/aromatic N) is 2. The average Bonchev–Trinajstić information content (AvgIpc) is 3.22. The van der Waals surface area contributed by atoms with Crippen LogP contribution < -0.4 is 5.56 Å².